The fraction of sp³-hybridized carbons (Fsp3) is 0.533. The molecule has 2 aliphatic rings. The number of nitrogens with zero attached hydrogens (tertiary/aromatic N) is 4. The molecule has 4 rings (SSSR count). The predicted octanol–water partition coefficient (Wildman–Crippen LogP) is 2.69. The molecule has 2 aromatic rings. The molecule has 0 unspecified atom stereocenters. The zero-order chi connectivity index (χ0) is 14.2. The van der Waals surface area contributed by atoms with Crippen molar-refractivity contribution in [3.8, 4) is 0 Å². The Labute approximate surface area is 127 Å². The normalized spacial score (nSPS) is 22.5. The Kier molecular flexibility index (Phi) is 3.25. The minimum Gasteiger partial charge on any atom is -0.336 e. The number of thiazole rings is 1. The van der Waals surface area contributed by atoms with Crippen molar-refractivity contribution in [3.63, 3.8) is 0 Å². The highest BCUT2D eigenvalue weighted by molar-refractivity contribution is 7.13. The summed E-state index contributed by atoms with van der Waals surface area (Å²) in [6, 6.07) is 2.24. The average Bonchev–Trinajstić information content (AvgIpc) is 3.05. The molecule has 1 saturated heterocycles. The van der Waals surface area contributed by atoms with Gasteiger partial charge in [-0.15, -0.1) is 11.3 Å². The molecule has 2 aromatic heterocycles. The van der Waals surface area contributed by atoms with Crippen molar-refractivity contribution < 1.29 is 4.79 Å². The van der Waals surface area contributed by atoms with Crippen LogP contribution in [-0.2, 0) is 0 Å². The predicted molar refractivity (Wildman–Crippen MR) is 80.5 cm³/mol. The highest BCUT2D eigenvalue weighted by Crippen LogP contribution is 2.42. The van der Waals surface area contributed by atoms with Crippen molar-refractivity contribution in [3.05, 3.63) is 34.5 Å². The number of amides is 1. The first-order valence-electron chi connectivity index (χ1n) is 7.55. The van der Waals surface area contributed by atoms with Gasteiger partial charge >= 0.3 is 0 Å². The van der Waals surface area contributed by atoms with E-state index in [2.05, 4.69) is 10.1 Å². The lowest BCUT2D eigenvalue weighted by Crippen LogP contribution is -2.40. The monoisotopic (exact) mass is 302 g/mol. The molecule has 5 nitrogen and oxygen atoms in total. The average molecular weight is 302 g/mol. The van der Waals surface area contributed by atoms with Crippen LogP contribution in [0.2, 0.25) is 0 Å². The third kappa shape index (κ3) is 2.60. The van der Waals surface area contributed by atoms with Gasteiger partial charge in [-0.2, -0.15) is 5.10 Å². The van der Waals surface area contributed by atoms with Crippen LogP contribution in [0.15, 0.2) is 24.7 Å². The van der Waals surface area contributed by atoms with Crippen LogP contribution >= 0.6 is 11.3 Å². The molecule has 0 bridgehead atoms. The lowest BCUT2D eigenvalue weighted by Gasteiger charge is -2.32. The summed E-state index contributed by atoms with van der Waals surface area (Å²) < 4.78 is 1.97. The largest absolute Gasteiger partial charge is 0.336 e. The van der Waals surface area contributed by atoms with Gasteiger partial charge in [-0.05, 0) is 31.7 Å². The van der Waals surface area contributed by atoms with E-state index in [0.717, 1.165) is 35.8 Å². The summed E-state index contributed by atoms with van der Waals surface area (Å²) >= 11 is 1.58. The van der Waals surface area contributed by atoms with E-state index < -0.39 is 0 Å². The summed E-state index contributed by atoms with van der Waals surface area (Å²) in [4.78, 5) is 19.8. The van der Waals surface area contributed by atoms with E-state index in [1.54, 1.807) is 23.7 Å². The molecule has 21 heavy (non-hydrogen) atoms. The molecule has 0 aromatic carbocycles. The van der Waals surface area contributed by atoms with E-state index in [-0.39, 0.29) is 5.91 Å². The number of piperidine rings is 1. The first-order valence-corrected chi connectivity index (χ1v) is 8.37. The lowest BCUT2D eigenvalue weighted by molar-refractivity contribution is 0.0677. The van der Waals surface area contributed by atoms with Gasteiger partial charge < -0.3 is 4.90 Å². The molecule has 0 N–H and O–H groups in total. The minimum atomic E-state index is 0.135. The second-order valence-electron chi connectivity index (χ2n) is 5.87. The lowest BCUT2D eigenvalue weighted by atomic mass is 10.1. The Bertz CT molecular complexity index is 632. The Hall–Kier alpha value is -1.69. The highest BCUT2D eigenvalue weighted by atomic mass is 32.1. The SMILES string of the molecule is O=C(c1cnc(C2CC2)s1)N1CCC[C@H](n2cccn2)C1. The fourth-order valence-electron chi connectivity index (χ4n) is 2.91. The van der Waals surface area contributed by atoms with E-state index in [9.17, 15) is 4.79 Å². The Morgan fingerprint density at radius 1 is 1.33 bits per heavy atom. The summed E-state index contributed by atoms with van der Waals surface area (Å²) in [5, 5.41) is 5.45. The molecule has 1 aliphatic carbocycles. The maximum atomic E-state index is 12.6. The number of hydrogen-bond acceptors (Lipinski definition) is 4. The van der Waals surface area contributed by atoms with Crippen molar-refractivity contribution in [1.29, 1.82) is 0 Å². The molecule has 1 amide bonds. The molecular formula is C15H18N4OS. The van der Waals surface area contributed by atoms with Crippen LogP contribution in [0.1, 0.15) is 52.3 Å². The summed E-state index contributed by atoms with van der Waals surface area (Å²) in [5.74, 6) is 0.756. The standard InChI is InChI=1S/C15H18N4OS/c20-15(13-9-16-14(21-13)11-4-5-11)18-7-1-3-12(10-18)19-8-2-6-17-19/h2,6,8-9,11-12H,1,3-5,7,10H2/t12-/m0/s1. The quantitative estimate of drug-likeness (QED) is 0.876. The van der Waals surface area contributed by atoms with E-state index >= 15 is 0 Å². The van der Waals surface area contributed by atoms with Crippen molar-refractivity contribution in [2.24, 2.45) is 0 Å². The Morgan fingerprint density at radius 3 is 3.00 bits per heavy atom. The molecule has 1 atom stereocenters. The van der Waals surface area contributed by atoms with Crippen molar-refractivity contribution in [2.45, 2.75) is 37.6 Å². The number of hydrogen-bond donors (Lipinski definition) is 0. The fourth-order valence-corrected chi connectivity index (χ4v) is 3.97. The maximum Gasteiger partial charge on any atom is 0.265 e. The Morgan fingerprint density at radius 2 is 2.24 bits per heavy atom. The van der Waals surface area contributed by atoms with Crippen LogP contribution in [0.4, 0.5) is 0 Å². The van der Waals surface area contributed by atoms with Crippen LogP contribution in [-0.4, -0.2) is 38.7 Å². The topological polar surface area (TPSA) is 51.0 Å². The molecule has 0 radical (unpaired) electrons. The zero-order valence-electron chi connectivity index (χ0n) is 11.8. The number of carbonyl (C=O) groups is 1. The number of aromatic nitrogens is 3. The van der Waals surface area contributed by atoms with Crippen molar-refractivity contribution in [1.82, 2.24) is 19.7 Å². The van der Waals surface area contributed by atoms with Crippen LogP contribution in [0.5, 0.6) is 0 Å². The summed E-state index contributed by atoms with van der Waals surface area (Å²) in [6.07, 6.45) is 10.1. The van der Waals surface area contributed by atoms with E-state index in [1.807, 2.05) is 21.8 Å². The molecular weight excluding hydrogens is 284 g/mol. The molecule has 1 aliphatic heterocycles. The first-order chi connectivity index (χ1) is 10.3. The minimum absolute atomic E-state index is 0.135. The van der Waals surface area contributed by atoms with Crippen molar-refractivity contribution in [2.75, 3.05) is 13.1 Å². The smallest absolute Gasteiger partial charge is 0.265 e. The molecule has 3 heterocycles. The molecule has 110 valence electrons. The number of carbonyl (C=O) groups excluding carboxylic acids is 1. The van der Waals surface area contributed by atoms with E-state index in [1.165, 1.54) is 12.8 Å². The van der Waals surface area contributed by atoms with Crippen molar-refractivity contribution >= 4 is 17.2 Å². The van der Waals surface area contributed by atoms with Gasteiger partial charge in [-0.1, -0.05) is 0 Å². The van der Waals surface area contributed by atoms with Gasteiger partial charge in [0, 0.05) is 31.4 Å². The second kappa shape index (κ2) is 5.26. The van der Waals surface area contributed by atoms with Gasteiger partial charge in [0.05, 0.1) is 17.2 Å². The van der Waals surface area contributed by atoms with Gasteiger partial charge in [0.2, 0.25) is 0 Å². The highest BCUT2D eigenvalue weighted by Gasteiger charge is 2.30. The summed E-state index contributed by atoms with van der Waals surface area (Å²) in [7, 11) is 0. The third-order valence-electron chi connectivity index (χ3n) is 4.24. The van der Waals surface area contributed by atoms with Crippen LogP contribution in [0, 0.1) is 0 Å². The number of likely N-dealkylation sites (tertiary alicyclic amines) is 1. The van der Waals surface area contributed by atoms with Gasteiger partial charge in [0.1, 0.15) is 4.88 Å². The summed E-state index contributed by atoms with van der Waals surface area (Å²) in [6.45, 7) is 1.59. The van der Waals surface area contributed by atoms with Gasteiger partial charge in [-0.25, -0.2) is 4.98 Å². The molecule has 1 saturated carbocycles. The third-order valence-corrected chi connectivity index (χ3v) is 5.39. The van der Waals surface area contributed by atoms with Gasteiger partial charge in [0.15, 0.2) is 0 Å². The van der Waals surface area contributed by atoms with Gasteiger partial charge in [-0.3, -0.25) is 9.48 Å². The summed E-state index contributed by atoms with van der Waals surface area (Å²) in [5.41, 5.74) is 0. The zero-order valence-corrected chi connectivity index (χ0v) is 12.6. The molecule has 2 fully saturated rings. The first kappa shape index (κ1) is 13.0. The number of rotatable bonds is 3. The maximum absolute atomic E-state index is 12.6. The van der Waals surface area contributed by atoms with Crippen LogP contribution < -0.4 is 0 Å². The second-order valence-corrected chi connectivity index (χ2v) is 6.93. The van der Waals surface area contributed by atoms with E-state index in [4.69, 9.17) is 0 Å². The Balaban J connectivity index is 1.47. The molecule has 0 spiro atoms. The van der Waals surface area contributed by atoms with Gasteiger partial charge in [0.25, 0.3) is 5.91 Å². The van der Waals surface area contributed by atoms with Crippen LogP contribution in [0.25, 0.3) is 0 Å². The van der Waals surface area contributed by atoms with Crippen LogP contribution in [0.3, 0.4) is 0 Å². The van der Waals surface area contributed by atoms with E-state index in [0.29, 0.717) is 12.0 Å². The molecule has 6 heteroatoms.